The smallest absolute Gasteiger partial charge is 0.0498 e. The van der Waals surface area contributed by atoms with Gasteiger partial charge >= 0.3 is 0 Å². The van der Waals surface area contributed by atoms with Crippen molar-refractivity contribution in [2.24, 2.45) is 0 Å². The first-order valence-corrected chi connectivity index (χ1v) is 6.40. The molecule has 0 fully saturated rings. The Morgan fingerprint density at radius 1 is 1.33 bits per heavy atom. The zero-order chi connectivity index (χ0) is 8.97. The van der Waals surface area contributed by atoms with Gasteiger partial charge in [0, 0.05) is 27.3 Å². The molecule has 1 atom stereocenters. The Morgan fingerprint density at radius 3 is 2.33 bits per heavy atom. The summed E-state index contributed by atoms with van der Waals surface area (Å²) >= 11 is 3.37. The predicted octanol–water partition coefficient (Wildman–Crippen LogP) is 2.36. The normalized spacial score (nSPS) is 12.8. The summed E-state index contributed by atoms with van der Waals surface area (Å²) in [6, 6.07) is 7.90. The first kappa shape index (κ1) is 9.93. The summed E-state index contributed by atoms with van der Waals surface area (Å²) < 4.78 is 11.0. The van der Waals surface area contributed by atoms with Gasteiger partial charge in [-0.2, -0.15) is 0 Å². The third kappa shape index (κ3) is 2.72. The summed E-state index contributed by atoms with van der Waals surface area (Å²) in [5.74, 6) is 0. The maximum Gasteiger partial charge on any atom is 0.0498 e. The molecule has 0 N–H and O–H groups in total. The number of alkyl halides is 1. The van der Waals surface area contributed by atoms with Crippen LogP contribution in [0.15, 0.2) is 29.2 Å². The Hall–Kier alpha value is -0.150. The largest absolute Gasteiger partial charge is 0.255 e. The van der Waals surface area contributed by atoms with Crippen LogP contribution in [0, 0.1) is 0 Å². The molecule has 66 valence electrons. The van der Waals surface area contributed by atoms with Crippen molar-refractivity contribution in [1.82, 2.24) is 0 Å². The van der Waals surface area contributed by atoms with E-state index in [0.29, 0.717) is 0 Å². The van der Waals surface area contributed by atoms with Gasteiger partial charge in [-0.3, -0.25) is 4.21 Å². The Bertz CT molecular complexity index is 268. The van der Waals surface area contributed by atoms with Crippen molar-refractivity contribution in [2.75, 3.05) is 11.6 Å². The van der Waals surface area contributed by atoms with E-state index in [0.717, 1.165) is 16.6 Å². The zero-order valence-corrected chi connectivity index (χ0v) is 9.32. The van der Waals surface area contributed by atoms with Crippen LogP contribution >= 0.6 is 15.9 Å². The number of aryl methyl sites for hydroxylation is 1. The molecule has 0 radical (unpaired) electrons. The second-order valence-corrected chi connectivity index (χ2v) is 4.71. The lowest BCUT2D eigenvalue weighted by atomic mass is 10.2. The van der Waals surface area contributed by atoms with Crippen LogP contribution in [0.2, 0.25) is 0 Å². The van der Waals surface area contributed by atoms with E-state index < -0.39 is 10.8 Å². The highest BCUT2D eigenvalue weighted by Gasteiger charge is 1.96. The molecule has 0 aliphatic rings. The average Bonchev–Trinajstić information content (AvgIpc) is 2.06. The van der Waals surface area contributed by atoms with Gasteiger partial charge in [0.1, 0.15) is 0 Å². The van der Waals surface area contributed by atoms with Crippen LogP contribution in [-0.4, -0.2) is 15.8 Å². The monoisotopic (exact) mass is 246 g/mol. The van der Waals surface area contributed by atoms with Crippen LogP contribution in [-0.2, 0) is 17.2 Å². The number of halogens is 1. The molecule has 1 unspecified atom stereocenters. The molecule has 3 heteroatoms. The molecule has 0 heterocycles. The molecule has 0 saturated heterocycles. The number of hydrogen-bond donors (Lipinski definition) is 0. The fourth-order valence-electron chi connectivity index (χ4n) is 0.957. The number of hydrogen-bond acceptors (Lipinski definition) is 1. The second kappa shape index (κ2) is 4.77. The van der Waals surface area contributed by atoms with Crippen molar-refractivity contribution in [1.29, 1.82) is 0 Å². The Morgan fingerprint density at radius 2 is 1.92 bits per heavy atom. The van der Waals surface area contributed by atoms with Gasteiger partial charge in [-0.05, 0) is 24.1 Å². The van der Waals surface area contributed by atoms with Gasteiger partial charge in [0.15, 0.2) is 0 Å². The van der Waals surface area contributed by atoms with Crippen molar-refractivity contribution in [3.05, 3.63) is 29.8 Å². The van der Waals surface area contributed by atoms with Crippen molar-refractivity contribution >= 4 is 26.7 Å². The van der Waals surface area contributed by atoms with Crippen LogP contribution in [0.1, 0.15) is 5.56 Å². The van der Waals surface area contributed by atoms with Crippen LogP contribution < -0.4 is 0 Å². The zero-order valence-electron chi connectivity index (χ0n) is 6.92. The van der Waals surface area contributed by atoms with E-state index in [-0.39, 0.29) is 0 Å². The highest BCUT2D eigenvalue weighted by molar-refractivity contribution is 9.09. The van der Waals surface area contributed by atoms with E-state index in [1.807, 2.05) is 24.3 Å². The minimum atomic E-state index is -0.853. The van der Waals surface area contributed by atoms with Crippen LogP contribution in [0.4, 0.5) is 0 Å². The summed E-state index contributed by atoms with van der Waals surface area (Å²) in [6.45, 7) is 0. The van der Waals surface area contributed by atoms with Gasteiger partial charge in [-0.15, -0.1) is 0 Å². The molecule has 0 bridgehead atoms. The topological polar surface area (TPSA) is 17.1 Å². The van der Waals surface area contributed by atoms with Crippen LogP contribution in [0.3, 0.4) is 0 Å². The van der Waals surface area contributed by atoms with E-state index in [4.69, 9.17) is 0 Å². The minimum Gasteiger partial charge on any atom is -0.255 e. The highest BCUT2D eigenvalue weighted by atomic mass is 79.9. The second-order valence-electron chi connectivity index (χ2n) is 2.54. The Balaban J connectivity index is 2.78. The predicted molar refractivity (Wildman–Crippen MR) is 56.3 cm³/mol. The Kier molecular flexibility index (Phi) is 3.95. The van der Waals surface area contributed by atoms with Crippen molar-refractivity contribution in [3.8, 4) is 0 Å². The summed E-state index contributed by atoms with van der Waals surface area (Å²) in [7, 11) is -0.853. The molecule has 1 aromatic rings. The van der Waals surface area contributed by atoms with Crippen LogP contribution in [0.25, 0.3) is 0 Å². The van der Waals surface area contributed by atoms with E-state index >= 15 is 0 Å². The van der Waals surface area contributed by atoms with E-state index in [2.05, 4.69) is 15.9 Å². The average molecular weight is 247 g/mol. The SMILES string of the molecule is CS(=O)c1ccc(CCBr)cc1. The first-order chi connectivity index (χ1) is 5.74. The van der Waals surface area contributed by atoms with Crippen molar-refractivity contribution in [2.45, 2.75) is 11.3 Å². The molecule has 1 rings (SSSR count). The van der Waals surface area contributed by atoms with Gasteiger partial charge in [0.25, 0.3) is 0 Å². The third-order valence-corrected chi connectivity index (χ3v) is 2.97. The highest BCUT2D eigenvalue weighted by Crippen LogP contribution is 2.08. The molecule has 1 nitrogen and oxygen atoms in total. The maximum atomic E-state index is 11.0. The molecular formula is C9H11BrOS. The van der Waals surface area contributed by atoms with Crippen LogP contribution in [0.5, 0.6) is 0 Å². The summed E-state index contributed by atoms with van der Waals surface area (Å²) in [6.07, 6.45) is 2.72. The number of rotatable bonds is 3. The molecule has 0 amide bonds. The molecule has 0 spiro atoms. The minimum absolute atomic E-state index is 0.853. The lowest BCUT2D eigenvalue weighted by Crippen LogP contribution is -1.89. The van der Waals surface area contributed by atoms with E-state index in [1.165, 1.54) is 5.56 Å². The summed E-state index contributed by atoms with van der Waals surface area (Å²) in [4.78, 5) is 0.897. The van der Waals surface area contributed by atoms with E-state index in [9.17, 15) is 4.21 Å². The fourth-order valence-corrected chi connectivity index (χ4v) is 1.93. The molecule has 0 aromatic heterocycles. The summed E-state index contributed by atoms with van der Waals surface area (Å²) in [5, 5.41) is 0.974. The van der Waals surface area contributed by atoms with Gasteiger partial charge < -0.3 is 0 Å². The molecule has 0 saturated carbocycles. The molecule has 0 aliphatic heterocycles. The molecular weight excluding hydrogens is 236 g/mol. The third-order valence-electron chi connectivity index (χ3n) is 1.64. The quantitative estimate of drug-likeness (QED) is 0.749. The lowest BCUT2D eigenvalue weighted by Gasteiger charge is -1.99. The maximum absolute atomic E-state index is 11.0. The fraction of sp³-hybridized carbons (Fsp3) is 0.333. The van der Waals surface area contributed by atoms with Crippen molar-refractivity contribution in [3.63, 3.8) is 0 Å². The molecule has 12 heavy (non-hydrogen) atoms. The summed E-state index contributed by atoms with van der Waals surface area (Å²) in [5.41, 5.74) is 1.28. The van der Waals surface area contributed by atoms with E-state index in [1.54, 1.807) is 6.26 Å². The lowest BCUT2D eigenvalue weighted by molar-refractivity contribution is 0.687. The van der Waals surface area contributed by atoms with Gasteiger partial charge in [0.05, 0.1) is 0 Å². The van der Waals surface area contributed by atoms with Crippen molar-refractivity contribution < 1.29 is 4.21 Å². The van der Waals surface area contributed by atoms with Gasteiger partial charge in [0.2, 0.25) is 0 Å². The van der Waals surface area contributed by atoms with Gasteiger partial charge in [-0.1, -0.05) is 28.1 Å². The molecule has 1 aromatic carbocycles. The first-order valence-electron chi connectivity index (χ1n) is 3.72. The molecule has 0 aliphatic carbocycles. The van der Waals surface area contributed by atoms with Gasteiger partial charge in [-0.25, -0.2) is 0 Å². The number of benzene rings is 1. The Labute approximate surface area is 83.8 Å². The standard InChI is InChI=1S/C9H11BrOS/c1-12(11)9-4-2-8(3-5-9)6-7-10/h2-5H,6-7H2,1H3.